The van der Waals surface area contributed by atoms with Gasteiger partial charge in [-0.3, -0.25) is 4.79 Å². The maximum absolute atomic E-state index is 13.9. The standard InChI is InChI=1S/C21H17F2N5O4S/c22-11-3-5-13(23)14(8-11)25-21(30)28-7-1-2-15(28)19-26-27-20(33-19)18(29)24-12-4-6-16-17(9-12)32-10-31-16/h3-6,8-9,15H,1-2,7,10H2,(H,24,29)(H,25,30). The van der Waals surface area contributed by atoms with Crippen LogP contribution in [0, 0.1) is 11.6 Å². The molecule has 3 aromatic rings. The molecule has 0 aliphatic carbocycles. The van der Waals surface area contributed by atoms with Crippen LogP contribution in [0.15, 0.2) is 36.4 Å². The number of benzene rings is 2. The fourth-order valence-corrected chi connectivity index (χ4v) is 4.55. The number of carbonyl (C=O) groups excluding carboxylic acids is 2. The first-order valence-corrected chi connectivity index (χ1v) is 10.9. The monoisotopic (exact) mass is 473 g/mol. The molecule has 2 aliphatic heterocycles. The predicted octanol–water partition coefficient (Wildman–Crippen LogP) is 4.17. The molecule has 1 aromatic heterocycles. The van der Waals surface area contributed by atoms with Crippen molar-refractivity contribution in [3.8, 4) is 11.5 Å². The summed E-state index contributed by atoms with van der Waals surface area (Å²) < 4.78 is 37.9. The quantitative estimate of drug-likeness (QED) is 0.589. The Morgan fingerprint density at radius 3 is 2.79 bits per heavy atom. The van der Waals surface area contributed by atoms with Crippen LogP contribution in [-0.2, 0) is 0 Å². The third kappa shape index (κ3) is 4.29. The molecular formula is C21H17F2N5O4S. The number of hydrogen-bond donors (Lipinski definition) is 2. The smallest absolute Gasteiger partial charge is 0.322 e. The highest BCUT2D eigenvalue weighted by Gasteiger charge is 2.33. The van der Waals surface area contributed by atoms with Gasteiger partial charge in [0.15, 0.2) is 11.5 Å². The highest BCUT2D eigenvalue weighted by atomic mass is 32.1. The number of rotatable bonds is 4. The van der Waals surface area contributed by atoms with Crippen LogP contribution in [0.4, 0.5) is 25.0 Å². The topological polar surface area (TPSA) is 106 Å². The largest absolute Gasteiger partial charge is 0.454 e. The van der Waals surface area contributed by atoms with Crippen molar-refractivity contribution >= 4 is 34.6 Å². The molecule has 33 heavy (non-hydrogen) atoms. The summed E-state index contributed by atoms with van der Waals surface area (Å²) >= 11 is 1.07. The van der Waals surface area contributed by atoms with Crippen molar-refractivity contribution < 1.29 is 27.8 Å². The first-order chi connectivity index (χ1) is 16.0. The summed E-state index contributed by atoms with van der Waals surface area (Å²) in [5.41, 5.74) is 0.270. The number of halogens is 2. The number of hydrogen-bond acceptors (Lipinski definition) is 7. The summed E-state index contributed by atoms with van der Waals surface area (Å²) in [6.07, 6.45) is 1.31. The van der Waals surface area contributed by atoms with E-state index in [1.807, 2.05) is 0 Å². The zero-order valence-electron chi connectivity index (χ0n) is 17.0. The molecule has 2 N–H and O–H groups in total. The normalized spacial score (nSPS) is 16.7. The van der Waals surface area contributed by atoms with Gasteiger partial charge in [0.2, 0.25) is 11.8 Å². The molecule has 3 amide bonds. The van der Waals surface area contributed by atoms with Crippen LogP contribution in [-0.4, -0.2) is 40.4 Å². The molecule has 0 saturated carbocycles. The third-order valence-corrected chi connectivity index (χ3v) is 6.26. The third-order valence-electron chi connectivity index (χ3n) is 5.23. The van der Waals surface area contributed by atoms with Crippen LogP contribution < -0.4 is 20.1 Å². The van der Waals surface area contributed by atoms with Gasteiger partial charge >= 0.3 is 6.03 Å². The molecule has 2 aliphatic rings. The first-order valence-electron chi connectivity index (χ1n) is 10.0. The Kier molecular flexibility index (Phi) is 5.50. The number of amides is 3. The molecule has 2 aromatic carbocycles. The molecule has 9 nitrogen and oxygen atoms in total. The van der Waals surface area contributed by atoms with Gasteiger partial charge in [-0.25, -0.2) is 13.6 Å². The second-order valence-electron chi connectivity index (χ2n) is 7.37. The molecule has 0 spiro atoms. The Morgan fingerprint density at radius 1 is 1.06 bits per heavy atom. The fourth-order valence-electron chi connectivity index (χ4n) is 3.67. The highest BCUT2D eigenvalue weighted by molar-refractivity contribution is 7.13. The van der Waals surface area contributed by atoms with Gasteiger partial charge in [0.05, 0.1) is 11.7 Å². The number of ether oxygens (including phenoxy) is 2. The van der Waals surface area contributed by atoms with E-state index < -0.39 is 29.6 Å². The van der Waals surface area contributed by atoms with Gasteiger partial charge in [-0.05, 0) is 37.1 Å². The van der Waals surface area contributed by atoms with E-state index in [4.69, 9.17) is 9.47 Å². The molecule has 1 saturated heterocycles. The van der Waals surface area contributed by atoms with Crippen molar-refractivity contribution in [2.45, 2.75) is 18.9 Å². The maximum atomic E-state index is 13.9. The first kappa shape index (κ1) is 21.1. The number of nitrogens with zero attached hydrogens (tertiary/aromatic N) is 3. The molecule has 0 bridgehead atoms. The van der Waals surface area contributed by atoms with Gasteiger partial charge in [0.25, 0.3) is 5.91 Å². The van der Waals surface area contributed by atoms with E-state index in [2.05, 4.69) is 20.8 Å². The average molecular weight is 473 g/mol. The number of fused-ring (bicyclic) bond motifs is 1. The minimum absolute atomic E-state index is 0.129. The zero-order chi connectivity index (χ0) is 22.9. The van der Waals surface area contributed by atoms with E-state index in [0.717, 1.165) is 29.5 Å². The fraction of sp³-hybridized carbons (Fsp3) is 0.238. The average Bonchev–Trinajstić information content (AvgIpc) is 3.55. The highest BCUT2D eigenvalue weighted by Crippen LogP contribution is 2.36. The Hall–Kier alpha value is -3.80. The molecule has 1 unspecified atom stereocenters. The van der Waals surface area contributed by atoms with E-state index in [1.165, 1.54) is 4.90 Å². The van der Waals surface area contributed by atoms with Gasteiger partial charge in [0, 0.05) is 24.4 Å². The lowest BCUT2D eigenvalue weighted by Crippen LogP contribution is -2.34. The lowest BCUT2D eigenvalue weighted by molar-refractivity contribution is 0.102. The Labute approximate surface area is 190 Å². The molecule has 1 fully saturated rings. The lowest BCUT2D eigenvalue weighted by Gasteiger charge is -2.23. The minimum Gasteiger partial charge on any atom is -0.454 e. The van der Waals surface area contributed by atoms with E-state index in [-0.39, 0.29) is 17.5 Å². The van der Waals surface area contributed by atoms with Crippen molar-refractivity contribution in [1.82, 2.24) is 15.1 Å². The van der Waals surface area contributed by atoms with E-state index in [1.54, 1.807) is 18.2 Å². The number of carbonyl (C=O) groups is 2. The summed E-state index contributed by atoms with van der Waals surface area (Å²) in [6.45, 7) is 0.537. The van der Waals surface area contributed by atoms with Crippen LogP contribution in [0.1, 0.15) is 33.7 Å². The van der Waals surface area contributed by atoms with Crippen LogP contribution >= 0.6 is 11.3 Å². The van der Waals surface area contributed by atoms with Gasteiger partial charge in [0.1, 0.15) is 16.6 Å². The number of anilines is 2. The predicted molar refractivity (Wildman–Crippen MR) is 114 cm³/mol. The lowest BCUT2D eigenvalue weighted by atomic mass is 10.2. The molecule has 12 heteroatoms. The molecule has 170 valence electrons. The van der Waals surface area contributed by atoms with Crippen LogP contribution in [0.25, 0.3) is 0 Å². The Morgan fingerprint density at radius 2 is 1.91 bits per heavy atom. The maximum Gasteiger partial charge on any atom is 0.322 e. The van der Waals surface area contributed by atoms with Crippen LogP contribution in [0.2, 0.25) is 0 Å². The van der Waals surface area contributed by atoms with E-state index in [0.29, 0.717) is 41.6 Å². The summed E-state index contributed by atoms with van der Waals surface area (Å²) in [5.74, 6) is -0.712. The Bertz CT molecular complexity index is 1240. The van der Waals surface area contributed by atoms with E-state index in [9.17, 15) is 18.4 Å². The van der Waals surface area contributed by atoms with Crippen molar-refractivity contribution in [2.24, 2.45) is 0 Å². The summed E-state index contributed by atoms with van der Waals surface area (Å²) in [7, 11) is 0. The van der Waals surface area contributed by atoms with Gasteiger partial charge in [-0.15, -0.1) is 10.2 Å². The minimum atomic E-state index is -0.737. The summed E-state index contributed by atoms with van der Waals surface area (Å²) in [4.78, 5) is 26.8. The molecule has 3 heterocycles. The second kappa shape index (κ2) is 8.62. The number of likely N-dealkylation sites (tertiary alicyclic amines) is 1. The van der Waals surface area contributed by atoms with Crippen LogP contribution in [0.3, 0.4) is 0 Å². The number of aromatic nitrogens is 2. The van der Waals surface area contributed by atoms with Gasteiger partial charge in [-0.1, -0.05) is 11.3 Å². The second-order valence-corrected chi connectivity index (χ2v) is 8.38. The molecule has 5 rings (SSSR count). The van der Waals surface area contributed by atoms with Crippen LogP contribution in [0.5, 0.6) is 11.5 Å². The van der Waals surface area contributed by atoms with Crippen molar-refractivity contribution in [1.29, 1.82) is 0 Å². The van der Waals surface area contributed by atoms with Crippen molar-refractivity contribution in [3.63, 3.8) is 0 Å². The molecular weight excluding hydrogens is 456 g/mol. The van der Waals surface area contributed by atoms with Crippen molar-refractivity contribution in [2.75, 3.05) is 24.0 Å². The van der Waals surface area contributed by atoms with Gasteiger partial charge in [-0.2, -0.15) is 0 Å². The SMILES string of the molecule is O=C(Nc1ccc2c(c1)OCO2)c1nnc(C2CCCN2C(=O)Nc2cc(F)ccc2F)s1. The molecule has 0 radical (unpaired) electrons. The summed E-state index contributed by atoms with van der Waals surface area (Å²) in [5, 5.41) is 13.8. The van der Waals surface area contributed by atoms with E-state index >= 15 is 0 Å². The molecule has 1 atom stereocenters. The van der Waals surface area contributed by atoms with Gasteiger partial charge < -0.3 is 25.0 Å². The number of urea groups is 1. The Balaban J connectivity index is 1.27. The summed E-state index contributed by atoms with van der Waals surface area (Å²) in [6, 6.07) is 6.86. The van der Waals surface area contributed by atoms with Crippen molar-refractivity contribution in [3.05, 3.63) is 58.0 Å². The zero-order valence-corrected chi connectivity index (χ0v) is 17.8. The number of nitrogens with one attached hydrogen (secondary N) is 2.